The van der Waals surface area contributed by atoms with Gasteiger partial charge in [0, 0.05) is 16.8 Å². The second kappa shape index (κ2) is 4.22. The van der Waals surface area contributed by atoms with Gasteiger partial charge in [0.1, 0.15) is 0 Å². The summed E-state index contributed by atoms with van der Waals surface area (Å²) >= 11 is 6.02. The fourth-order valence-electron chi connectivity index (χ4n) is 1.53. The molecule has 0 aliphatic carbocycles. The first-order chi connectivity index (χ1) is 7.99. The fraction of sp³-hybridized carbons (Fsp3) is 0.167. The maximum absolute atomic E-state index is 10.9. The van der Waals surface area contributed by atoms with E-state index < -0.39 is 5.97 Å². The summed E-state index contributed by atoms with van der Waals surface area (Å²) in [5.41, 5.74) is 2.39. The molecule has 4 nitrogen and oxygen atoms in total. The lowest BCUT2D eigenvalue weighted by atomic mass is 10.2. The van der Waals surface area contributed by atoms with Crippen LogP contribution in [0.1, 0.15) is 21.6 Å². The molecule has 0 bridgehead atoms. The number of carbonyl (C=O) groups is 1. The van der Waals surface area contributed by atoms with E-state index in [1.54, 1.807) is 19.2 Å². The van der Waals surface area contributed by atoms with E-state index in [1.807, 2.05) is 19.1 Å². The van der Waals surface area contributed by atoms with Gasteiger partial charge in [-0.1, -0.05) is 17.7 Å². The largest absolute Gasteiger partial charge is 0.476 e. The van der Waals surface area contributed by atoms with Crippen molar-refractivity contribution in [3.8, 4) is 5.69 Å². The van der Waals surface area contributed by atoms with Gasteiger partial charge in [0.15, 0.2) is 5.69 Å². The third-order valence-electron chi connectivity index (χ3n) is 2.52. The van der Waals surface area contributed by atoms with Gasteiger partial charge in [-0.15, -0.1) is 0 Å². The zero-order valence-corrected chi connectivity index (χ0v) is 10.2. The van der Waals surface area contributed by atoms with E-state index in [2.05, 4.69) is 5.10 Å². The number of carboxylic acids is 1. The van der Waals surface area contributed by atoms with Gasteiger partial charge in [-0.05, 0) is 31.5 Å². The molecule has 0 amide bonds. The highest BCUT2D eigenvalue weighted by Gasteiger charge is 2.13. The molecule has 0 radical (unpaired) electrons. The minimum atomic E-state index is -1.03. The number of aryl methyl sites for hydroxylation is 2. The van der Waals surface area contributed by atoms with Crippen LogP contribution in [0.25, 0.3) is 5.69 Å². The smallest absolute Gasteiger partial charge is 0.356 e. The van der Waals surface area contributed by atoms with E-state index in [0.717, 1.165) is 11.3 Å². The van der Waals surface area contributed by atoms with Crippen molar-refractivity contribution in [1.29, 1.82) is 0 Å². The Kier molecular flexibility index (Phi) is 2.90. The lowest BCUT2D eigenvalue weighted by Gasteiger charge is -2.03. The third-order valence-corrected chi connectivity index (χ3v) is 2.93. The first-order valence-corrected chi connectivity index (χ1v) is 5.43. The Labute approximate surface area is 103 Å². The Bertz CT molecular complexity index is 590. The van der Waals surface area contributed by atoms with Crippen molar-refractivity contribution in [2.45, 2.75) is 13.8 Å². The molecule has 2 rings (SSSR count). The maximum atomic E-state index is 10.9. The minimum absolute atomic E-state index is 0.0571. The fourth-order valence-corrected chi connectivity index (χ4v) is 1.70. The Hall–Kier alpha value is -1.81. The normalized spacial score (nSPS) is 10.5. The van der Waals surface area contributed by atoms with Crippen LogP contribution in [-0.4, -0.2) is 20.9 Å². The van der Waals surface area contributed by atoms with Crippen LogP contribution in [0.3, 0.4) is 0 Å². The molecular weight excluding hydrogens is 240 g/mol. The molecule has 0 aliphatic rings. The van der Waals surface area contributed by atoms with Gasteiger partial charge in [0.25, 0.3) is 0 Å². The standard InChI is InChI=1S/C12H11ClN2O2/c1-7-3-4-9(5-10(7)13)15-6-8(2)11(14-15)12(16)17/h3-6H,1-2H3,(H,16,17). The summed E-state index contributed by atoms with van der Waals surface area (Å²) < 4.78 is 1.52. The zero-order chi connectivity index (χ0) is 12.6. The van der Waals surface area contributed by atoms with Crippen molar-refractivity contribution in [3.05, 3.63) is 46.2 Å². The molecule has 1 aromatic carbocycles. The average molecular weight is 251 g/mol. The van der Waals surface area contributed by atoms with Gasteiger partial charge in [-0.25, -0.2) is 9.48 Å². The highest BCUT2D eigenvalue weighted by atomic mass is 35.5. The second-order valence-electron chi connectivity index (χ2n) is 3.84. The minimum Gasteiger partial charge on any atom is -0.476 e. The average Bonchev–Trinajstić information content (AvgIpc) is 2.64. The number of benzene rings is 1. The van der Waals surface area contributed by atoms with Crippen LogP contribution in [0.15, 0.2) is 24.4 Å². The van der Waals surface area contributed by atoms with Gasteiger partial charge in [-0.3, -0.25) is 0 Å². The molecule has 0 spiro atoms. The molecule has 0 fully saturated rings. The number of carboxylic acid groups (broad SMARTS) is 1. The zero-order valence-electron chi connectivity index (χ0n) is 9.44. The first kappa shape index (κ1) is 11.7. The predicted octanol–water partition coefficient (Wildman–Crippen LogP) is 2.84. The quantitative estimate of drug-likeness (QED) is 0.892. The van der Waals surface area contributed by atoms with Gasteiger partial charge in [-0.2, -0.15) is 5.10 Å². The van der Waals surface area contributed by atoms with Crippen molar-refractivity contribution in [3.63, 3.8) is 0 Å². The molecule has 88 valence electrons. The summed E-state index contributed by atoms with van der Waals surface area (Å²) in [6.07, 6.45) is 1.67. The number of hydrogen-bond donors (Lipinski definition) is 1. The van der Waals surface area contributed by atoms with Gasteiger partial charge >= 0.3 is 5.97 Å². The summed E-state index contributed by atoms with van der Waals surface area (Å²) in [4.78, 5) is 10.9. The molecule has 0 aliphatic heterocycles. The topological polar surface area (TPSA) is 55.1 Å². The molecule has 0 saturated heterocycles. The second-order valence-corrected chi connectivity index (χ2v) is 4.25. The van der Waals surface area contributed by atoms with Crippen molar-refractivity contribution in [2.75, 3.05) is 0 Å². The number of aromatic carboxylic acids is 1. The molecule has 5 heteroatoms. The monoisotopic (exact) mass is 250 g/mol. The number of hydrogen-bond acceptors (Lipinski definition) is 2. The van der Waals surface area contributed by atoms with E-state index in [9.17, 15) is 4.79 Å². The molecule has 1 aromatic heterocycles. The van der Waals surface area contributed by atoms with Crippen LogP contribution < -0.4 is 0 Å². The molecule has 1 N–H and O–H groups in total. The van der Waals surface area contributed by atoms with E-state index in [0.29, 0.717) is 10.6 Å². The van der Waals surface area contributed by atoms with Crippen LogP contribution >= 0.6 is 11.6 Å². The Morgan fingerprint density at radius 2 is 2.06 bits per heavy atom. The van der Waals surface area contributed by atoms with E-state index in [4.69, 9.17) is 16.7 Å². The number of nitrogens with zero attached hydrogens (tertiary/aromatic N) is 2. The van der Waals surface area contributed by atoms with Crippen molar-refractivity contribution in [1.82, 2.24) is 9.78 Å². The Morgan fingerprint density at radius 3 is 2.59 bits per heavy atom. The van der Waals surface area contributed by atoms with E-state index in [1.165, 1.54) is 4.68 Å². The molecule has 1 heterocycles. The van der Waals surface area contributed by atoms with Gasteiger partial charge < -0.3 is 5.11 Å². The number of rotatable bonds is 2. The number of halogens is 1. The van der Waals surface area contributed by atoms with Crippen LogP contribution in [0.4, 0.5) is 0 Å². The first-order valence-electron chi connectivity index (χ1n) is 5.05. The summed E-state index contributed by atoms with van der Waals surface area (Å²) in [7, 11) is 0. The van der Waals surface area contributed by atoms with Gasteiger partial charge in [0.05, 0.1) is 5.69 Å². The highest BCUT2D eigenvalue weighted by Crippen LogP contribution is 2.20. The summed E-state index contributed by atoms with van der Waals surface area (Å²) in [6.45, 7) is 3.62. The van der Waals surface area contributed by atoms with Crippen molar-refractivity contribution in [2.24, 2.45) is 0 Å². The molecule has 0 atom stereocenters. The summed E-state index contributed by atoms with van der Waals surface area (Å²) in [5.74, 6) is -1.03. The molecule has 2 aromatic rings. The van der Waals surface area contributed by atoms with E-state index >= 15 is 0 Å². The molecular formula is C12H11ClN2O2. The lowest BCUT2D eigenvalue weighted by molar-refractivity contribution is 0.0689. The predicted molar refractivity (Wildman–Crippen MR) is 65.0 cm³/mol. The molecule has 17 heavy (non-hydrogen) atoms. The van der Waals surface area contributed by atoms with Crippen LogP contribution in [0.2, 0.25) is 5.02 Å². The Balaban J connectivity index is 2.50. The maximum Gasteiger partial charge on any atom is 0.356 e. The third kappa shape index (κ3) is 2.17. The van der Waals surface area contributed by atoms with Crippen molar-refractivity contribution >= 4 is 17.6 Å². The van der Waals surface area contributed by atoms with Crippen LogP contribution in [0.5, 0.6) is 0 Å². The summed E-state index contributed by atoms with van der Waals surface area (Å²) in [5, 5.41) is 13.6. The van der Waals surface area contributed by atoms with Crippen LogP contribution in [-0.2, 0) is 0 Å². The molecule has 0 unspecified atom stereocenters. The Morgan fingerprint density at radius 1 is 1.35 bits per heavy atom. The van der Waals surface area contributed by atoms with Crippen molar-refractivity contribution < 1.29 is 9.90 Å². The van der Waals surface area contributed by atoms with E-state index in [-0.39, 0.29) is 5.69 Å². The molecule has 0 saturated carbocycles. The summed E-state index contributed by atoms with van der Waals surface area (Å²) in [6, 6.07) is 5.48. The van der Waals surface area contributed by atoms with Crippen LogP contribution in [0, 0.1) is 13.8 Å². The lowest BCUT2D eigenvalue weighted by Crippen LogP contribution is -2.01. The highest BCUT2D eigenvalue weighted by molar-refractivity contribution is 6.31. The van der Waals surface area contributed by atoms with Gasteiger partial charge in [0.2, 0.25) is 0 Å². The SMILES string of the molecule is Cc1ccc(-n2cc(C)c(C(=O)O)n2)cc1Cl. The number of aromatic nitrogens is 2.